The van der Waals surface area contributed by atoms with Crippen LogP contribution < -0.4 is 11.1 Å². The number of benzene rings is 1. The summed E-state index contributed by atoms with van der Waals surface area (Å²) < 4.78 is 10.1. The molecular formula is C17H15N5O3. The third-order valence-electron chi connectivity index (χ3n) is 3.20. The third-order valence-corrected chi connectivity index (χ3v) is 3.20. The number of carbonyl (C=O) groups is 1. The zero-order chi connectivity index (χ0) is 17.5. The fourth-order valence-electron chi connectivity index (χ4n) is 1.98. The normalized spacial score (nSPS) is 11.8. The van der Waals surface area contributed by atoms with Gasteiger partial charge in [0.1, 0.15) is 0 Å². The van der Waals surface area contributed by atoms with Crippen molar-refractivity contribution >= 4 is 12.1 Å². The van der Waals surface area contributed by atoms with Crippen LogP contribution in [0.3, 0.4) is 0 Å². The minimum Gasteiger partial charge on any atom is -0.440 e. The molecule has 0 atom stereocenters. The number of rotatable bonds is 6. The summed E-state index contributed by atoms with van der Waals surface area (Å²) in [5, 5.41) is 6.31. The first-order chi connectivity index (χ1) is 12.3. The first-order valence-electron chi connectivity index (χ1n) is 7.39. The molecule has 3 aromatic rings. The maximum Gasteiger partial charge on any atom is 0.277 e. The van der Waals surface area contributed by atoms with Gasteiger partial charge >= 0.3 is 0 Å². The largest absolute Gasteiger partial charge is 0.440 e. The van der Waals surface area contributed by atoms with Crippen molar-refractivity contribution in [3.05, 3.63) is 72.1 Å². The lowest BCUT2D eigenvalue weighted by Gasteiger charge is -2.02. The Hall–Kier alpha value is -3.68. The lowest BCUT2D eigenvalue weighted by molar-refractivity contribution is 0.0959. The molecule has 0 saturated heterocycles. The molecule has 0 aliphatic carbocycles. The van der Waals surface area contributed by atoms with Crippen molar-refractivity contribution in [2.24, 2.45) is 10.7 Å². The quantitative estimate of drug-likeness (QED) is 0.665. The van der Waals surface area contributed by atoms with Gasteiger partial charge in [0.25, 0.3) is 5.91 Å². The number of hydrogen-bond acceptors (Lipinski definition) is 7. The van der Waals surface area contributed by atoms with Crippen LogP contribution in [0.5, 0.6) is 0 Å². The van der Waals surface area contributed by atoms with Crippen molar-refractivity contribution in [2.45, 2.75) is 6.54 Å². The van der Waals surface area contributed by atoms with Gasteiger partial charge in [-0.15, -0.1) is 0 Å². The first kappa shape index (κ1) is 16.2. The van der Waals surface area contributed by atoms with E-state index in [-0.39, 0.29) is 5.69 Å². The average Bonchev–Trinajstić information content (AvgIpc) is 3.33. The molecule has 8 nitrogen and oxygen atoms in total. The van der Waals surface area contributed by atoms with Crippen molar-refractivity contribution in [2.75, 3.05) is 0 Å². The predicted octanol–water partition coefficient (Wildman–Crippen LogP) is 2.13. The second-order valence-corrected chi connectivity index (χ2v) is 4.97. The lowest BCUT2D eigenvalue weighted by Crippen LogP contribution is -2.24. The summed E-state index contributed by atoms with van der Waals surface area (Å²) in [5.74, 6) is 0.210. The highest BCUT2D eigenvalue weighted by molar-refractivity contribution is 5.97. The van der Waals surface area contributed by atoms with Crippen molar-refractivity contribution in [3.63, 3.8) is 0 Å². The first-order valence-corrected chi connectivity index (χ1v) is 7.39. The summed E-state index contributed by atoms with van der Waals surface area (Å²) in [6.07, 6.45) is 5.46. The fraction of sp³-hybridized carbons (Fsp3) is 0.0588. The van der Waals surface area contributed by atoms with Gasteiger partial charge in [0.2, 0.25) is 5.76 Å². The molecule has 2 heterocycles. The third kappa shape index (κ3) is 4.20. The van der Waals surface area contributed by atoms with Gasteiger partial charge in [0.05, 0.1) is 18.4 Å². The Labute approximate surface area is 143 Å². The molecule has 1 amide bonds. The number of nitrogens with one attached hydrogen (secondary N) is 1. The summed E-state index contributed by atoms with van der Waals surface area (Å²) in [4.78, 5) is 20.2. The molecule has 0 unspecified atom stereocenters. The molecule has 0 saturated carbocycles. The van der Waals surface area contributed by atoms with Crippen molar-refractivity contribution < 1.29 is 13.7 Å². The van der Waals surface area contributed by atoms with E-state index in [4.69, 9.17) is 14.7 Å². The minimum absolute atomic E-state index is 0.0854. The van der Waals surface area contributed by atoms with E-state index in [1.807, 2.05) is 30.3 Å². The minimum atomic E-state index is -0.475. The van der Waals surface area contributed by atoms with Crippen molar-refractivity contribution in [3.8, 4) is 11.5 Å². The molecule has 0 aliphatic heterocycles. The van der Waals surface area contributed by atoms with Gasteiger partial charge < -0.3 is 20.0 Å². The Balaban J connectivity index is 1.61. The van der Waals surface area contributed by atoms with E-state index in [0.717, 1.165) is 5.56 Å². The summed E-state index contributed by atoms with van der Waals surface area (Å²) in [7, 11) is 0. The van der Waals surface area contributed by atoms with E-state index in [9.17, 15) is 4.79 Å². The van der Waals surface area contributed by atoms with Crippen LogP contribution in [-0.4, -0.2) is 22.3 Å². The second kappa shape index (κ2) is 7.73. The molecule has 25 heavy (non-hydrogen) atoms. The number of hydrogen-bond donors (Lipinski definition) is 2. The van der Waals surface area contributed by atoms with Crippen LogP contribution >= 0.6 is 0 Å². The molecule has 0 fully saturated rings. The highest BCUT2D eigenvalue weighted by Gasteiger charge is 2.15. The van der Waals surface area contributed by atoms with E-state index in [0.29, 0.717) is 23.8 Å². The molecule has 3 rings (SSSR count). The van der Waals surface area contributed by atoms with Crippen LogP contribution in [-0.2, 0) is 6.54 Å². The maximum atomic E-state index is 12.2. The van der Waals surface area contributed by atoms with Crippen LogP contribution in [0.1, 0.15) is 16.1 Å². The smallest absolute Gasteiger partial charge is 0.277 e. The number of aliphatic imine (C=N–C) groups is 1. The predicted molar refractivity (Wildman–Crippen MR) is 90.4 cm³/mol. The number of aromatic nitrogens is 2. The van der Waals surface area contributed by atoms with E-state index in [1.54, 1.807) is 0 Å². The topological polar surface area (TPSA) is 120 Å². The van der Waals surface area contributed by atoms with E-state index >= 15 is 0 Å². The van der Waals surface area contributed by atoms with Gasteiger partial charge in [-0.3, -0.25) is 9.79 Å². The molecule has 0 aliphatic rings. The van der Waals surface area contributed by atoms with E-state index < -0.39 is 5.91 Å². The molecule has 8 heteroatoms. The zero-order valence-electron chi connectivity index (χ0n) is 13.1. The highest BCUT2D eigenvalue weighted by atomic mass is 16.5. The van der Waals surface area contributed by atoms with E-state index in [2.05, 4.69) is 20.4 Å². The van der Waals surface area contributed by atoms with Crippen LogP contribution in [0.2, 0.25) is 0 Å². The highest BCUT2D eigenvalue weighted by Crippen LogP contribution is 2.19. The SMILES string of the molecule is N/C=C(\C=NCc1ccccc1)NC(=O)c1cc(-c2cnco2)on1. The zero-order valence-corrected chi connectivity index (χ0v) is 13.1. The summed E-state index contributed by atoms with van der Waals surface area (Å²) in [6, 6.07) is 11.2. The number of nitrogens with two attached hydrogens (primary N) is 1. The monoisotopic (exact) mass is 337 g/mol. The Morgan fingerprint density at radius 3 is 2.84 bits per heavy atom. The van der Waals surface area contributed by atoms with Gasteiger partial charge in [-0.05, 0) is 5.56 Å². The second-order valence-electron chi connectivity index (χ2n) is 4.97. The van der Waals surface area contributed by atoms with Crippen LogP contribution in [0.4, 0.5) is 0 Å². The fourth-order valence-corrected chi connectivity index (χ4v) is 1.98. The molecule has 0 spiro atoms. The van der Waals surface area contributed by atoms with Gasteiger partial charge in [0.15, 0.2) is 17.8 Å². The number of amides is 1. The summed E-state index contributed by atoms with van der Waals surface area (Å²) in [6.45, 7) is 0.480. The Bertz CT molecular complexity index is 882. The standard InChI is InChI=1S/C17H15N5O3/c18-7-13(9-19-8-12-4-2-1-3-5-12)21-17(23)14-6-15(25-22-14)16-10-20-11-24-16/h1-7,9-11H,8,18H2,(H,21,23)/b13-7+,19-9?. The number of nitrogens with zero attached hydrogens (tertiary/aromatic N) is 3. The molecule has 0 radical (unpaired) electrons. The van der Waals surface area contributed by atoms with Gasteiger partial charge in [-0.1, -0.05) is 35.5 Å². The summed E-state index contributed by atoms with van der Waals surface area (Å²) >= 11 is 0. The van der Waals surface area contributed by atoms with Crippen molar-refractivity contribution in [1.29, 1.82) is 0 Å². The lowest BCUT2D eigenvalue weighted by atomic mass is 10.2. The summed E-state index contributed by atoms with van der Waals surface area (Å²) in [5.41, 5.74) is 7.01. The molecule has 0 bridgehead atoms. The maximum absolute atomic E-state index is 12.2. The Morgan fingerprint density at radius 2 is 2.12 bits per heavy atom. The number of oxazole rings is 1. The number of carbonyl (C=O) groups excluding carboxylic acids is 1. The Morgan fingerprint density at radius 1 is 1.28 bits per heavy atom. The van der Waals surface area contributed by atoms with Gasteiger partial charge in [-0.25, -0.2) is 4.98 Å². The van der Waals surface area contributed by atoms with Crippen LogP contribution in [0.15, 0.2) is 74.8 Å². The molecular weight excluding hydrogens is 322 g/mol. The average molecular weight is 337 g/mol. The van der Waals surface area contributed by atoms with Gasteiger partial charge in [0, 0.05) is 18.5 Å². The molecule has 1 aromatic carbocycles. The van der Waals surface area contributed by atoms with E-state index in [1.165, 1.54) is 31.1 Å². The number of allylic oxidation sites excluding steroid dienone is 1. The van der Waals surface area contributed by atoms with Crippen LogP contribution in [0, 0.1) is 0 Å². The van der Waals surface area contributed by atoms with Crippen LogP contribution in [0.25, 0.3) is 11.5 Å². The molecule has 126 valence electrons. The van der Waals surface area contributed by atoms with Crippen molar-refractivity contribution in [1.82, 2.24) is 15.5 Å². The molecule has 3 N–H and O–H groups in total. The van der Waals surface area contributed by atoms with Gasteiger partial charge in [-0.2, -0.15) is 0 Å². The Kier molecular flexibility index (Phi) is 5.01. The molecule has 2 aromatic heterocycles.